The van der Waals surface area contributed by atoms with Crippen molar-refractivity contribution in [3.63, 3.8) is 0 Å². The molecule has 6 heteroatoms. The summed E-state index contributed by atoms with van der Waals surface area (Å²) in [6.45, 7) is 13.9. The van der Waals surface area contributed by atoms with Gasteiger partial charge in [0.15, 0.2) is 0 Å². The Hall–Kier alpha value is -4.22. The van der Waals surface area contributed by atoms with Crippen molar-refractivity contribution in [2.75, 3.05) is 0 Å². The molecule has 7 aromatic rings. The third-order valence-electron chi connectivity index (χ3n) is 8.40. The monoisotopic (exact) mass is 887 g/mol. The standard InChI is InChI=1S/C27H23N2O.C19H26NSi.Ir/c1-17(2)15-19-13-14-28-24(16-19)21-10-9-18(3)25-22-11-12-23(20-7-5-4-6-8-20)29-27(22)30-26(21)25;1-14(2)11-17-12-18(16-9-7-15(3)8-10-16)20-13-19(17)21(4,5)6;/h4-9,11-14,16-17H,15H2,1-3H3;7-9,12-14H,11H2,1-6H3;/q2*-1;/i15D2;3D3,11D2;. The second-order valence-electron chi connectivity index (χ2n) is 14.5. The van der Waals surface area contributed by atoms with Crippen molar-refractivity contribution in [3.05, 3.63) is 132 Å². The minimum absolute atomic E-state index is 0. The summed E-state index contributed by atoms with van der Waals surface area (Å²) in [5.74, 6) is -0.332. The van der Waals surface area contributed by atoms with Crippen LogP contribution in [-0.2, 0) is 32.9 Å². The van der Waals surface area contributed by atoms with E-state index in [1.807, 2.05) is 83.1 Å². The molecule has 4 nitrogen and oxygen atoms in total. The molecule has 0 N–H and O–H groups in total. The Morgan fingerprint density at radius 2 is 1.60 bits per heavy atom. The molecular weight excluding hydrogens is 831 g/mol. The fourth-order valence-corrected chi connectivity index (χ4v) is 7.43. The molecule has 0 bridgehead atoms. The third kappa shape index (κ3) is 9.04. The van der Waals surface area contributed by atoms with E-state index >= 15 is 0 Å². The minimum atomic E-state index is -2.16. The molecule has 4 heterocycles. The van der Waals surface area contributed by atoms with Gasteiger partial charge in [0.2, 0.25) is 5.71 Å². The van der Waals surface area contributed by atoms with Gasteiger partial charge in [-0.1, -0.05) is 126 Å². The largest absolute Gasteiger partial charge is 0.486 e. The Labute approximate surface area is 334 Å². The van der Waals surface area contributed by atoms with E-state index < -0.39 is 27.7 Å². The van der Waals surface area contributed by atoms with Gasteiger partial charge in [-0.15, -0.1) is 53.1 Å². The molecule has 4 aromatic heterocycles. The van der Waals surface area contributed by atoms with Crippen LogP contribution in [-0.4, -0.2) is 23.0 Å². The summed E-state index contributed by atoms with van der Waals surface area (Å²) < 4.78 is 62.8. The van der Waals surface area contributed by atoms with Crippen molar-refractivity contribution in [1.82, 2.24) is 15.0 Å². The summed E-state index contributed by atoms with van der Waals surface area (Å²) in [6.07, 6.45) is 0.523. The maximum absolute atomic E-state index is 8.59. The van der Waals surface area contributed by atoms with Crippen LogP contribution < -0.4 is 5.19 Å². The molecule has 0 unspecified atom stereocenters. The van der Waals surface area contributed by atoms with E-state index in [1.54, 1.807) is 36.7 Å². The van der Waals surface area contributed by atoms with E-state index in [9.17, 15) is 0 Å². The fraction of sp³-hybridized carbons (Fsp3) is 0.283. The first kappa shape index (κ1) is 30.3. The van der Waals surface area contributed by atoms with Gasteiger partial charge in [-0.2, -0.15) is 0 Å². The number of furan rings is 1. The molecular formula is C46H49IrN3OSi-2. The summed E-state index contributed by atoms with van der Waals surface area (Å²) in [6, 6.07) is 32.4. The van der Waals surface area contributed by atoms with Gasteiger partial charge in [0.25, 0.3) is 0 Å². The predicted molar refractivity (Wildman–Crippen MR) is 217 cm³/mol. The minimum Gasteiger partial charge on any atom is -0.486 e. The number of pyridine rings is 3. The average Bonchev–Trinajstić information content (AvgIpc) is 3.57. The van der Waals surface area contributed by atoms with Crippen molar-refractivity contribution >= 4 is 35.3 Å². The molecule has 3 aromatic carbocycles. The molecule has 0 aliphatic heterocycles. The first-order valence-corrected chi connectivity index (χ1v) is 20.9. The molecule has 7 rings (SSSR count). The molecule has 1 radical (unpaired) electrons. The summed E-state index contributed by atoms with van der Waals surface area (Å²) in [5, 5.41) is 2.94. The first-order valence-electron chi connectivity index (χ1n) is 20.9. The zero-order chi connectivity index (χ0) is 42.4. The van der Waals surface area contributed by atoms with Crippen LogP contribution in [0.15, 0.2) is 102 Å². The topological polar surface area (TPSA) is 51.8 Å². The maximum atomic E-state index is 8.59. The van der Waals surface area contributed by atoms with Crippen molar-refractivity contribution in [1.29, 1.82) is 0 Å². The van der Waals surface area contributed by atoms with Gasteiger partial charge >= 0.3 is 0 Å². The van der Waals surface area contributed by atoms with Crippen LogP contribution in [0.1, 0.15) is 59.5 Å². The molecule has 0 aliphatic rings. The maximum Gasteiger partial charge on any atom is 0.216 e. The summed E-state index contributed by atoms with van der Waals surface area (Å²) in [7, 11) is -1.78. The van der Waals surface area contributed by atoms with Gasteiger partial charge in [-0.05, 0) is 59.4 Å². The Morgan fingerprint density at radius 1 is 0.827 bits per heavy atom. The fourth-order valence-electron chi connectivity index (χ4n) is 6.03. The Morgan fingerprint density at radius 3 is 2.27 bits per heavy atom. The molecule has 0 aliphatic carbocycles. The molecule has 0 atom stereocenters. The van der Waals surface area contributed by atoms with Gasteiger partial charge in [-0.3, -0.25) is 0 Å². The summed E-state index contributed by atoms with van der Waals surface area (Å²) >= 11 is 0. The number of aromatic nitrogens is 3. The molecule has 0 amide bonds. The molecule has 269 valence electrons. The number of rotatable bonds is 8. The predicted octanol–water partition coefficient (Wildman–Crippen LogP) is 11.6. The zero-order valence-corrected chi connectivity index (χ0v) is 34.4. The van der Waals surface area contributed by atoms with Gasteiger partial charge in [0.1, 0.15) is 0 Å². The SMILES string of the molecule is [2H]C([2H])([2H])c1c[c-]c(-c2cc(C([2H])([2H])C(C)C)c([Si](C)(C)C)cn2)cc1.[2H]C([2H])(c1ccnc(-c2[c-]cc(C)c3c2oc2nc(-c4ccccc4)ccc23)c1)C(C)C.[Ir]. The Balaban J connectivity index is 0.000000226. The molecule has 52 heavy (non-hydrogen) atoms. The number of aryl methyl sites for hydroxylation is 2. The van der Waals surface area contributed by atoms with Gasteiger partial charge in [-0.25, -0.2) is 4.98 Å². The van der Waals surface area contributed by atoms with E-state index in [0.29, 0.717) is 44.9 Å². The van der Waals surface area contributed by atoms with Crippen molar-refractivity contribution in [2.45, 2.75) is 73.9 Å². The molecule has 0 spiro atoms. The van der Waals surface area contributed by atoms with Gasteiger partial charge in [0, 0.05) is 53.0 Å². The smallest absolute Gasteiger partial charge is 0.216 e. The molecule has 0 saturated carbocycles. The Bertz CT molecular complexity index is 2570. The van der Waals surface area contributed by atoms with Crippen LogP contribution >= 0.6 is 0 Å². The van der Waals surface area contributed by atoms with Crippen LogP contribution in [0.4, 0.5) is 0 Å². The van der Waals surface area contributed by atoms with Crippen LogP contribution in [0.3, 0.4) is 0 Å². The van der Waals surface area contributed by atoms with Crippen LogP contribution in [0.5, 0.6) is 0 Å². The van der Waals surface area contributed by atoms with Crippen molar-refractivity contribution in [3.8, 4) is 33.8 Å². The van der Waals surface area contributed by atoms with Crippen molar-refractivity contribution in [2.24, 2.45) is 11.8 Å². The van der Waals surface area contributed by atoms with E-state index in [4.69, 9.17) is 19.0 Å². The number of fused-ring (bicyclic) bond motifs is 3. The van der Waals surface area contributed by atoms with E-state index in [0.717, 1.165) is 32.8 Å². The second kappa shape index (κ2) is 16.6. The van der Waals surface area contributed by atoms with Crippen LogP contribution in [0.2, 0.25) is 19.6 Å². The third-order valence-corrected chi connectivity index (χ3v) is 10.4. The number of hydrogen-bond acceptors (Lipinski definition) is 4. The second-order valence-corrected chi connectivity index (χ2v) is 19.5. The van der Waals surface area contributed by atoms with E-state index in [1.165, 1.54) is 6.07 Å². The number of benzene rings is 3. The van der Waals surface area contributed by atoms with Gasteiger partial charge in [0.05, 0.1) is 19.4 Å². The van der Waals surface area contributed by atoms with Crippen LogP contribution in [0.25, 0.3) is 55.8 Å². The summed E-state index contributed by atoms with van der Waals surface area (Å²) in [5.41, 5.74) is 8.32. The normalized spacial score (nSPS) is 14.3. The van der Waals surface area contributed by atoms with E-state index in [-0.39, 0.29) is 37.5 Å². The first-order chi connectivity index (χ1) is 27.1. The Kier molecular flexibility index (Phi) is 9.68. The average molecular weight is 887 g/mol. The number of hydrogen-bond donors (Lipinski definition) is 0. The number of nitrogens with zero attached hydrogens (tertiary/aromatic N) is 3. The molecule has 0 fully saturated rings. The summed E-state index contributed by atoms with van der Waals surface area (Å²) in [4.78, 5) is 13.8. The zero-order valence-electron chi connectivity index (χ0n) is 38.0. The van der Waals surface area contributed by atoms with Crippen molar-refractivity contribution < 1.29 is 34.1 Å². The molecule has 0 saturated heterocycles. The quantitative estimate of drug-likeness (QED) is 0.113. The van der Waals surface area contributed by atoms with E-state index in [2.05, 4.69) is 47.8 Å². The van der Waals surface area contributed by atoms with Crippen LogP contribution in [0, 0.1) is 37.7 Å². The van der Waals surface area contributed by atoms with Gasteiger partial charge < -0.3 is 14.4 Å².